The molecule has 2 rings (SSSR count). The number of thiophene rings is 1. The van der Waals surface area contributed by atoms with E-state index < -0.39 is 0 Å². The number of nitrogens with zero attached hydrogens (tertiary/aromatic N) is 1. The highest BCUT2D eigenvalue weighted by molar-refractivity contribution is 7.12. The van der Waals surface area contributed by atoms with Gasteiger partial charge in [-0.15, -0.1) is 11.3 Å². The molecule has 0 aliphatic heterocycles. The molecule has 0 aliphatic rings. The van der Waals surface area contributed by atoms with Gasteiger partial charge in [-0.2, -0.15) is 0 Å². The second-order valence-electron chi connectivity index (χ2n) is 4.84. The first-order chi connectivity index (χ1) is 10.6. The largest absolute Gasteiger partial charge is 0.340 e. The molecule has 0 aliphatic carbocycles. The zero-order valence-electron chi connectivity index (χ0n) is 12.6. The van der Waals surface area contributed by atoms with Gasteiger partial charge in [0.1, 0.15) is 0 Å². The van der Waals surface area contributed by atoms with Gasteiger partial charge in [0.2, 0.25) is 0 Å². The standard InChI is InChI=1S/C16H19N3O2S/c1-17-8-9-19(2)16(21)12-5-3-6-13(11-12)18-15(20)14-7-4-10-22-14/h3-7,10-11,17H,8-9H2,1-2H3,(H,18,20). The molecular formula is C16H19N3O2S. The molecule has 1 heterocycles. The van der Waals surface area contributed by atoms with Crippen molar-refractivity contribution in [2.45, 2.75) is 0 Å². The molecule has 2 amide bonds. The van der Waals surface area contributed by atoms with E-state index in [1.165, 1.54) is 11.3 Å². The van der Waals surface area contributed by atoms with Crippen LogP contribution in [0.5, 0.6) is 0 Å². The fourth-order valence-electron chi connectivity index (χ4n) is 1.93. The van der Waals surface area contributed by atoms with Gasteiger partial charge in [0.05, 0.1) is 4.88 Å². The Hall–Kier alpha value is -2.18. The van der Waals surface area contributed by atoms with E-state index in [2.05, 4.69) is 10.6 Å². The molecule has 1 aromatic heterocycles. The quantitative estimate of drug-likeness (QED) is 0.859. The van der Waals surface area contributed by atoms with Crippen LogP contribution in [0, 0.1) is 0 Å². The molecule has 0 saturated heterocycles. The van der Waals surface area contributed by atoms with Crippen LogP contribution in [0.4, 0.5) is 5.69 Å². The monoisotopic (exact) mass is 317 g/mol. The lowest BCUT2D eigenvalue weighted by molar-refractivity contribution is 0.0796. The number of anilines is 1. The van der Waals surface area contributed by atoms with Crippen LogP contribution in [0.2, 0.25) is 0 Å². The highest BCUT2D eigenvalue weighted by Crippen LogP contribution is 2.15. The SMILES string of the molecule is CNCCN(C)C(=O)c1cccc(NC(=O)c2cccs2)c1. The summed E-state index contributed by atoms with van der Waals surface area (Å²) in [5.41, 5.74) is 1.17. The smallest absolute Gasteiger partial charge is 0.265 e. The van der Waals surface area contributed by atoms with Gasteiger partial charge in [-0.05, 0) is 36.7 Å². The zero-order chi connectivity index (χ0) is 15.9. The van der Waals surface area contributed by atoms with Crippen LogP contribution >= 0.6 is 11.3 Å². The first-order valence-electron chi connectivity index (χ1n) is 6.97. The van der Waals surface area contributed by atoms with Crippen molar-refractivity contribution in [2.75, 3.05) is 32.5 Å². The number of rotatable bonds is 6. The number of nitrogens with one attached hydrogen (secondary N) is 2. The average Bonchev–Trinajstić information content (AvgIpc) is 3.06. The van der Waals surface area contributed by atoms with Crippen molar-refractivity contribution in [1.82, 2.24) is 10.2 Å². The first kappa shape index (κ1) is 16.2. The van der Waals surface area contributed by atoms with E-state index in [9.17, 15) is 9.59 Å². The van der Waals surface area contributed by atoms with E-state index in [0.29, 0.717) is 22.7 Å². The predicted molar refractivity (Wildman–Crippen MR) is 89.6 cm³/mol. The van der Waals surface area contributed by atoms with Crippen molar-refractivity contribution in [3.63, 3.8) is 0 Å². The molecule has 0 unspecified atom stereocenters. The summed E-state index contributed by atoms with van der Waals surface area (Å²) in [4.78, 5) is 26.6. The Morgan fingerprint density at radius 1 is 1.23 bits per heavy atom. The van der Waals surface area contributed by atoms with Gasteiger partial charge in [0.25, 0.3) is 11.8 Å². The van der Waals surface area contributed by atoms with E-state index in [0.717, 1.165) is 6.54 Å². The Bertz CT molecular complexity index is 641. The second kappa shape index (κ2) is 7.72. The topological polar surface area (TPSA) is 61.4 Å². The molecule has 0 atom stereocenters. The fourth-order valence-corrected chi connectivity index (χ4v) is 2.55. The lowest BCUT2D eigenvalue weighted by Gasteiger charge is -2.17. The third kappa shape index (κ3) is 4.16. The Kier molecular flexibility index (Phi) is 5.68. The molecular weight excluding hydrogens is 298 g/mol. The summed E-state index contributed by atoms with van der Waals surface area (Å²) in [5.74, 6) is -0.231. The Labute approximate surface area is 134 Å². The summed E-state index contributed by atoms with van der Waals surface area (Å²) in [5, 5.41) is 7.67. The highest BCUT2D eigenvalue weighted by atomic mass is 32.1. The summed E-state index contributed by atoms with van der Waals surface area (Å²) in [6.45, 7) is 1.36. The maximum atomic E-state index is 12.3. The number of carbonyl (C=O) groups is 2. The van der Waals surface area contributed by atoms with E-state index in [1.807, 2.05) is 18.5 Å². The van der Waals surface area contributed by atoms with Crippen LogP contribution in [0.1, 0.15) is 20.0 Å². The maximum Gasteiger partial charge on any atom is 0.265 e. The number of hydrogen-bond donors (Lipinski definition) is 2. The van der Waals surface area contributed by atoms with E-state index in [-0.39, 0.29) is 11.8 Å². The molecule has 2 N–H and O–H groups in total. The van der Waals surface area contributed by atoms with Crippen molar-refractivity contribution in [1.29, 1.82) is 0 Å². The average molecular weight is 317 g/mol. The molecule has 0 fully saturated rings. The Balaban J connectivity index is 2.06. The molecule has 0 spiro atoms. The van der Waals surface area contributed by atoms with Crippen molar-refractivity contribution >= 4 is 28.8 Å². The molecule has 2 aromatic rings. The summed E-state index contributed by atoms with van der Waals surface area (Å²) in [6.07, 6.45) is 0. The van der Waals surface area contributed by atoms with Crippen LogP contribution in [-0.2, 0) is 0 Å². The summed E-state index contributed by atoms with van der Waals surface area (Å²) < 4.78 is 0. The summed E-state index contributed by atoms with van der Waals surface area (Å²) >= 11 is 1.38. The normalized spacial score (nSPS) is 10.3. The highest BCUT2D eigenvalue weighted by Gasteiger charge is 2.13. The molecule has 22 heavy (non-hydrogen) atoms. The molecule has 6 heteroatoms. The van der Waals surface area contributed by atoms with E-state index in [4.69, 9.17) is 0 Å². The van der Waals surface area contributed by atoms with Gasteiger partial charge < -0.3 is 15.5 Å². The molecule has 116 valence electrons. The van der Waals surface area contributed by atoms with Gasteiger partial charge in [-0.3, -0.25) is 9.59 Å². The van der Waals surface area contributed by atoms with E-state index in [1.54, 1.807) is 42.3 Å². The van der Waals surface area contributed by atoms with Crippen molar-refractivity contribution in [3.05, 3.63) is 52.2 Å². The number of likely N-dealkylation sites (N-methyl/N-ethyl adjacent to an activating group) is 2. The lowest BCUT2D eigenvalue weighted by atomic mass is 10.1. The van der Waals surface area contributed by atoms with Crippen molar-refractivity contribution in [2.24, 2.45) is 0 Å². The Morgan fingerprint density at radius 3 is 2.73 bits per heavy atom. The van der Waals surface area contributed by atoms with Gasteiger partial charge in [0, 0.05) is 31.4 Å². The summed E-state index contributed by atoms with van der Waals surface area (Å²) in [6, 6.07) is 10.6. The minimum Gasteiger partial charge on any atom is -0.340 e. The van der Waals surface area contributed by atoms with Gasteiger partial charge >= 0.3 is 0 Å². The van der Waals surface area contributed by atoms with E-state index >= 15 is 0 Å². The zero-order valence-corrected chi connectivity index (χ0v) is 13.4. The second-order valence-corrected chi connectivity index (χ2v) is 5.79. The van der Waals surface area contributed by atoms with Gasteiger partial charge in [-0.1, -0.05) is 12.1 Å². The molecule has 0 saturated carbocycles. The van der Waals surface area contributed by atoms with Crippen molar-refractivity contribution < 1.29 is 9.59 Å². The minimum atomic E-state index is -0.164. The minimum absolute atomic E-state index is 0.0672. The van der Waals surface area contributed by atoms with Crippen LogP contribution in [0.15, 0.2) is 41.8 Å². The van der Waals surface area contributed by atoms with Crippen LogP contribution in [0.3, 0.4) is 0 Å². The molecule has 0 radical (unpaired) electrons. The summed E-state index contributed by atoms with van der Waals surface area (Å²) in [7, 11) is 3.61. The number of carbonyl (C=O) groups excluding carboxylic acids is 2. The lowest BCUT2D eigenvalue weighted by Crippen LogP contribution is -2.32. The number of amides is 2. The van der Waals surface area contributed by atoms with Crippen LogP contribution in [0.25, 0.3) is 0 Å². The van der Waals surface area contributed by atoms with Crippen molar-refractivity contribution in [3.8, 4) is 0 Å². The molecule has 1 aromatic carbocycles. The van der Waals surface area contributed by atoms with Gasteiger partial charge in [-0.25, -0.2) is 0 Å². The van der Waals surface area contributed by atoms with Gasteiger partial charge in [0.15, 0.2) is 0 Å². The first-order valence-corrected chi connectivity index (χ1v) is 7.85. The fraction of sp³-hybridized carbons (Fsp3) is 0.250. The Morgan fingerprint density at radius 2 is 2.05 bits per heavy atom. The third-order valence-electron chi connectivity index (χ3n) is 3.16. The number of hydrogen-bond acceptors (Lipinski definition) is 4. The molecule has 5 nitrogen and oxygen atoms in total. The molecule has 0 bridgehead atoms. The van der Waals surface area contributed by atoms with Crippen LogP contribution < -0.4 is 10.6 Å². The predicted octanol–water partition coefficient (Wildman–Crippen LogP) is 2.29. The third-order valence-corrected chi connectivity index (χ3v) is 4.02. The maximum absolute atomic E-state index is 12.3. The number of benzene rings is 1. The van der Waals surface area contributed by atoms with Crippen LogP contribution in [-0.4, -0.2) is 43.9 Å².